The zero-order valence-electron chi connectivity index (χ0n) is 14.3. The molecule has 25 heavy (non-hydrogen) atoms. The molecule has 2 aromatic carbocycles. The molecule has 1 saturated heterocycles. The van der Waals surface area contributed by atoms with E-state index in [1.165, 1.54) is 5.56 Å². The summed E-state index contributed by atoms with van der Waals surface area (Å²) in [5.41, 5.74) is 2.22. The molecule has 0 amide bonds. The average Bonchev–Trinajstić information content (AvgIpc) is 2.60. The molecule has 0 aliphatic carbocycles. The van der Waals surface area contributed by atoms with Gasteiger partial charge in [-0.15, -0.1) is 0 Å². The zero-order valence-corrected chi connectivity index (χ0v) is 16.7. The molecule has 1 fully saturated rings. The third-order valence-corrected chi connectivity index (χ3v) is 7.01. The molecule has 0 atom stereocenters. The van der Waals surface area contributed by atoms with Gasteiger partial charge in [0.15, 0.2) is 0 Å². The van der Waals surface area contributed by atoms with E-state index in [2.05, 4.69) is 49.8 Å². The van der Waals surface area contributed by atoms with Crippen LogP contribution in [0.15, 0.2) is 57.9 Å². The van der Waals surface area contributed by atoms with E-state index in [-0.39, 0.29) is 6.04 Å². The maximum absolute atomic E-state index is 12.6. The SMILES string of the molecule is Cc1cc(S(=O)(=O)NC2CCN(Cc3ccccc3)CC2)ccc1Br. The summed E-state index contributed by atoms with van der Waals surface area (Å²) in [5, 5.41) is 0. The fraction of sp³-hybridized carbons (Fsp3) is 0.368. The van der Waals surface area contributed by atoms with E-state index in [0.29, 0.717) is 4.90 Å². The molecule has 0 radical (unpaired) electrons. The number of nitrogens with zero attached hydrogens (tertiary/aromatic N) is 1. The van der Waals surface area contributed by atoms with Gasteiger partial charge in [-0.1, -0.05) is 46.3 Å². The van der Waals surface area contributed by atoms with Crippen molar-refractivity contribution >= 4 is 26.0 Å². The molecule has 4 nitrogen and oxygen atoms in total. The van der Waals surface area contributed by atoms with Gasteiger partial charge in [0.2, 0.25) is 10.0 Å². The van der Waals surface area contributed by atoms with Crippen LogP contribution in [0.4, 0.5) is 0 Å². The first-order valence-electron chi connectivity index (χ1n) is 8.49. The molecule has 0 spiro atoms. The van der Waals surface area contributed by atoms with Crippen molar-refractivity contribution in [2.24, 2.45) is 0 Å². The van der Waals surface area contributed by atoms with E-state index < -0.39 is 10.0 Å². The van der Waals surface area contributed by atoms with Crippen LogP contribution in [0, 0.1) is 6.92 Å². The molecule has 2 aromatic rings. The van der Waals surface area contributed by atoms with Gasteiger partial charge in [0, 0.05) is 30.1 Å². The maximum atomic E-state index is 12.6. The lowest BCUT2D eigenvalue weighted by Gasteiger charge is -2.32. The Bertz CT molecular complexity index is 817. The Morgan fingerprint density at radius 2 is 1.80 bits per heavy atom. The quantitative estimate of drug-likeness (QED) is 0.798. The van der Waals surface area contributed by atoms with Crippen molar-refractivity contribution in [1.82, 2.24) is 9.62 Å². The first-order chi connectivity index (χ1) is 11.9. The van der Waals surface area contributed by atoms with Crippen LogP contribution < -0.4 is 4.72 Å². The summed E-state index contributed by atoms with van der Waals surface area (Å²) in [4.78, 5) is 2.71. The van der Waals surface area contributed by atoms with Crippen LogP contribution in [0.25, 0.3) is 0 Å². The van der Waals surface area contributed by atoms with E-state index in [4.69, 9.17) is 0 Å². The molecule has 0 aromatic heterocycles. The van der Waals surface area contributed by atoms with Crippen LogP contribution in [0.5, 0.6) is 0 Å². The summed E-state index contributed by atoms with van der Waals surface area (Å²) in [6.07, 6.45) is 1.67. The smallest absolute Gasteiger partial charge is 0.240 e. The zero-order chi connectivity index (χ0) is 17.9. The highest BCUT2D eigenvalue weighted by Gasteiger charge is 2.24. The Morgan fingerprint density at radius 1 is 1.12 bits per heavy atom. The summed E-state index contributed by atoms with van der Waals surface area (Å²) in [5.74, 6) is 0. The number of rotatable bonds is 5. The van der Waals surface area contributed by atoms with Gasteiger partial charge >= 0.3 is 0 Å². The molecular weight excluding hydrogens is 400 g/mol. The molecule has 1 aliphatic rings. The van der Waals surface area contributed by atoms with E-state index in [9.17, 15) is 8.42 Å². The minimum Gasteiger partial charge on any atom is -0.299 e. The second-order valence-electron chi connectivity index (χ2n) is 6.57. The topological polar surface area (TPSA) is 49.4 Å². The summed E-state index contributed by atoms with van der Waals surface area (Å²) >= 11 is 3.41. The fourth-order valence-corrected chi connectivity index (χ4v) is 4.76. The molecule has 6 heteroatoms. The van der Waals surface area contributed by atoms with Gasteiger partial charge in [0.25, 0.3) is 0 Å². The Balaban J connectivity index is 1.57. The number of hydrogen-bond acceptors (Lipinski definition) is 3. The van der Waals surface area contributed by atoms with Gasteiger partial charge in [0.1, 0.15) is 0 Å². The maximum Gasteiger partial charge on any atom is 0.240 e. The van der Waals surface area contributed by atoms with Gasteiger partial charge in [0.05, 0.1) is 4.90 Å². The number of piperidine rings is 1. The number of halogens is 1. The van der Waals surface area contributed by atoms with Crippen LogP contribution in [0.3, 0.4) is 0 Å². The summed E-state index contributed by atoms with van der Waals surface area (Å²) in [7, 11) is -3.46. The van der Waals surface area contributed by atoms with Crippen molar-refractivity contribution in [3.63, 3.8) is 0 Å². The van der Waals surface area contributed by atoms with Crippen molar-refractivity contribution < 1.29 is 8.42 Å². The molecular formula is C19H23BrN2O2S. The second-order valence-corrected chi connectivity index (χ2v) is 9.14. The van der Waals surface area contributed by atoms with Gasteiger partial charge in [-0.05, 0) is 49.1 Å². The van der Waals surface area contributed by atoms with Crippen LogP contribution >= 0.6 is 15.9 Å². The highest BCUT2D eigenvalue weighted by molar-refractivity contribution is 9.10. The molecule has 0 saturated carbocycles. The van der Waals surface area contributed by atoms with Crippen molar-refractivity contribution in [1.29, 1.82) is 0 Å². The third kappa shape index (κ3) is 4.91. The van der Waals surface area contributed by atoms with Crippen molar-refractivity contribution in [2.75, 3.05) is 13.1 Å². The van der Waals surface area contributed by atoms with Crippen LogP contribution in [-0.4, -0.2) is 32.4 Å². The Kier molecular flexibility index (Phi) is 5.94. The van der Waals surface area contributed by atoms with E-state index in [0.717, 1.165) is 42.5 Å². The number of sulfonamides is 1. The standard InChI is InChI=1S/C19H23BrN2O2S/c1-15-13-18(7-8-19(15)20)25(23,24)21-17-9-11-22(12-10-17)14-16-5-3-2-4-6-16/h2-8,13,17,21H,9-12,14H2,1H3. The molecule has 0 bridgehead atoms. The van der Waals surface area contributed by atoms with Gasteiger partial charge in [-0.2, -0.15) is 0 Å². The summed E-state index contributed by atoms with van der Waals surface area (Å²) < 4.78 is 29.0. The van der Waals surface area contributed by atoms with Gasteiger partial charge in [-0.3, -0.25) is 4.90 Å². The largest absolute Gasteiger partial charge is 0.299 e. The van der Waals surface area contributed by atoms with Crippen LogP contribution in [0.1, 0.15) is 24.0 Å². The number of benzene rings is 2. The minimum absolute atomic E-state index is 0.000904. The van der Waals surface area contributed by atoms with Crippen molar-refractivity contribution in [2.45, 2.75) is 37.2 Å². The van der Waals surface area contributed by atoms with Gasteiger partial charge in [-0.25, -0.2) is 13.1 Å². The molecule has 3 rings (SSSR count). The molecule has 1 N–H and O–H groups in total. The molecule has 1 heterocycles. The highest BCUT2D eigenvalue weighted by Crippen LogP contribution is 2.21. The van der Waals surface area contributed by atoms with Gasteiger partial charge < -0.3 is 0 Å². The number of aryl methyl sites for hydroxylation is 1. The highest BCUT2D eigenvalue weighted by atomic mass is 79.9. The first-order valence-corrected chi connectivity index (χ1v) is 10.8. The van der Waals surface area contributed by atoms with Crippen LogP contribution in [-0.2, 0) is 16.6 Å². The molecule has 134 valence electrons. The number of hydrogen-bond donors (Lipinski definition) is 1. The summed E-state index contributed by atoms with van der Waals surface area (Å²) in [6, 6.07) is 15.5. The normalized spacial score (nSPS) is 16.9. The predicted octanol–water partition coefficient (Wildman–Crippen LogP) is 3.70. The third-order valence-electron chi connectivity index (χ3n) is 4.60. The summed E-state index contributed by atoms with van der Waals surface area (Å²) in [6.45, 7) is 4.63. The number of likely N-dealkylation sites (tertiary alicyclic amines) is 1. The lowest BCUT2D eigenvalue weighted by Crippen LogP contribution is -2.44. The average molecular weight is 423 g/mol. The Hall–Kier alpha value is -1.21. The van der Waals surface area contributed by atoms with E-state index in [1.807, 2.05) is 13.0 Å². The van der Waals surface area contributed by atoms with E-state index >= 15 is 0 Å². The Morgan fingerprint density at radius 3 is 2.44 bits per heavy atom. The second kappa shape index (κ2) is 7.99. The Labute approximate surface area is 158 Å². The number of nitrogens with one attached hydrogen (secondary N) is 1. The van der Waals surface area contributed by atoms with Crippen molar-refractivity contribution in [3.05, 3.63) is 64.1 Å². The van der Waals surface area contributed by atoms with E-state index in [1.54, 1.807) is 18.2 Å². The lowest BCUT2D eigenvalue weighted by molar-refractivity contribution is 0.200. The lowest BCUT2D eigenvalue weighted by atomic mass is 10.1. The minimum atomic E-state index is -3.46. The van der Waals surface area contributed by atoms with Crippen molar-refractivity contribution in [3.8, 4) is 0 Å². The monoisotopic (exact) mass is 422 g/mol. The molecule has 1 aliphatic heterocycles. The fourth-order valence-electron chi connectivity index (χ4n) is 3.12. The first kappa shape index (κ1) is 18.6. The molecule has 0 unspecified atom stereocenters. The van der Waals surface area contributed by atoms with Crippen LogP contribution in [0.2, 0.25) is 0 Å². The predicted molar refractivity (Wildman–Crippen MR) is 104 cm³/mol.